The third-order valence-electron chi connectivity index (χ3n) is 5.88. The van der Waals surface area contributed by atoms with Gasteiger partial charge in [0.25, 0.3) is 0 Å². The van der Waals surface area contributed by atoms with Gasteiger partial charge in [-0.2, -0.15) is 0 Å². The van der Waals surface area contributed by atoms with Gasteiger partial charge >= 0.3 is 5.97 Å². The smallest absolute Gasteiger partial charge is 0.357 e. The highest BCUT2D eigenvalue weighted by Gasteiger charge is 2.22. The fraction of sp³-hybridized carbons (Fsp3) is 0.259. The number of hydrogen-bond acceptors (Lipinski definition) is 5. The number of carbonyl (C=O) groups excluding carboxylic acids is 1. The molecule has 0 spiro atoms. The van der Waals surface area contributed by atoms with Crippen molar-refractivity contribution >= 4 is 22.8 Å². The minimum Gasteiger partial charge on any atom is -0.461 e. The van der Waals surface area contributed by atoms with Crippen molar-refractivity contribution in [2.45, 2.75) is 39.7 Å². The Balaban J connectivity index is 1.59. The standard InChI is InChI=1S/C27H27N5O2/c1-3-5-13-22-29-21-12-9-15-28-26(21)32(22)18-19-14-16-31-23(17-19)30-24(20-10-7-6-8-11-20)25(31)27(33)34-4-2/h6-12,14-17H,3-5,13,18H2,1-2H3. The number of imidazole rings is 2. The van der Waals surface area contributed by atoms with E-state index in [0.29, 0.717) is 30.2 Å². The number of unbranched alkanes of at least 4 members (excludes halogenated alkanes) is 1. The van der Waals surface area contributed by atoms with Crippen molar-refractivity contribution in [3.05, 3.63) is 84.1 Å². The third kappa shape index (κ3) is 4.05. The second-order valence-corrected chi connectivity index (χ2v) is 8.22. The Kier molecular flexibility index (Phi) is 6.08. The van der Waals surface area contributed by atoms with Gasteiger partial charge in [0.1, 0.15) is 22.7 Å². The summed E-state index contributed by atoms with van der Waals surface area (Å²) in [7, 11) is 0. The van der Waals surface area contributed by atoms with Crippen molar-refractivity contribution in [3.63, 3.8) is 0 Å². The fourth-order valence-electron chi connectivity index (χ4n) is 4.26. The predicted octanol–water partition coefficient (Wildman–Crippen LogP) is 5.31. The number of pyridine rings is 2. The maximum Gasteiger partial charge on any atom is 0.357 e. The van der Waals surface area contributed by atoms with Crippen LogP contribution in [-0.2, 0) is 17.7 Å². The van der Waals surface area contributed by atoms with Gasteiger partial charge in [0.15, 0.2) is 11.3 Å². The van der Waals surface area contributed by atoms with Crippen molar-refractivity contribution in [1.82, 2.24) is 23.9 Å². The van der Waals surface area contributed by atoms with Crippen LogP contribution in [0.2, 0.25) is 0 Å². The molecule has 0 saturated heterocycles. The van der Waals surface area contributed by atoms with Crippen LogP contribution in [0.15, 0.2) is 67.0 Å². The van der Waals surface area contributed by atoms with Crippen molar-refractivity contribution in [2.24, 2.45) is 0 Å². The second kappa shape index (κ2) is 9.47. The molecule has 0 aliphatic carbocycles. The van der Waals surface area contributed by atoms with Gasteiger partial charge in [-0.1, -0.05) is 43.7 Å². The van der Waals surface area contributed by atoms with Gasteiger partial charge < -0.3 is 9.30 Å². The first-order valence-electron chi connectivity index (χ1n) is 11.7. The lowest BCUT2D eigenvalue weighted by Gasteiger charge is -2.09. The maximum absolute atomic E-state index is 12.8. The summed E-state index contributed by atoms with van der Waals surface area (Å²) in [5.41, 5.74) is 5.49. The number of ether oxygens (including phenoxy) is 1. The maximum atomic E-state index is 12.8. The van der Waals surface area contributed by atoms with Crippen molar-refractivity contribution < 1.29 is 9.53 Å². The van der Waals surface area contributed by atoms with Gasteiger partial charge in [-0.15, -0.1) is 0 Å². The highest BCUT2D eigenvalue weighted by Crippen LogP contribution is 2.26. The number of rotatable bonds is 8. The molecule has 0 unspecified atom stereocenters. The molecule has 5 rings (SSSR count). The van der Waals surface area contributed by atoms with Crippen LogP contribution >= 0.6 is 0 Å². The first kappa shape index (κ1) is 21.8. The van der Waals surface area contributed by atoms with Crippen LogP contribution in [0.25, 0.3) is 28.1 Å². The number of benzene rings is 1. The Morgan fingerprint density at radius 3 is 2.68 bits per heavy atom. The number of fused-ring (bicyclic) bond motifs is 2. The molecule has 0 aliphatic heterocycles. The van der Waals surface area contributed by atoms with Gasteiger partial charge in [0.05, 0.1) is 13.2 Å². The lowest BCUT2D eigenvalue weighted by molar-refractivity contribution is 0.0519. The highest BCUT2D eigenvalue weighted by molar-refractivity contribution is 5.96. The fourth-order valence-corrected chi connectivity index (χ4v) is 4.26. The van der Waals surface area contributed by atoms with E-state index in [-0.39, 0.29) is 5.97 Å². The molecule has 4 heterocycles. The average Bonchev–Trinajstić information content (AvgIpc) is 3.41. The van der Waals surface area contributed by atoms with E-state index in [0.717, 1.165) is 47.4 Å². The summed E-state index contributed by atoms with van der Waals surface area (Å²) in [4.78, 5) is 27.1. The minimum absolute atomic E-state index is 0.305. The lowest BCUT2D eigenvalue weighted by atomic mass is 10.1. The summed E-state index contributed by atoms with van der Waals surface area (Å²) in [5.74, 6) is 0.657. The van der Waals surface area contributed by atoms with Crippen LogP contribution < -0.4 is 0 Å². The Morgan fingerprint density at radius 2 is 1.88 bits per heavy atom. The first-order chi connectivity index (χ1) is 16.7. The zero-order chi connectivity index (χ0) is 23.5. The lowest BCUT2D eigenvalue weighted by Crippen LogP contribution is -2.10. The number of hydrogen-bond donors (Lipinski definition) is 0. The molecule has 4 aromatic heterocycles. The van der Waals surface area contributed by atoms with E-state index in [1.807, 2.05) is 65.2 Å². The molecule has 0 bridgehead atoms. The molecule has 0 N–H and O–H groups in total. The van der Waals surface area contributed by atoms with Crippen LogP contribution in [0, 0.1) is 0 Å². The summed E-state index contributed by atoms with van der Waals surface area (Å²) >= 11 is 0. The Hall–Kier alpha value is -4.00. The van der Waals surface area contributed by atoms with Crippen molar-refractivity contribution in [2.75, 3.05) is 6.61 Å². The molecule has 0 saturated carbocycles. The summed E-state index contributed by atoms with van der Waals surface area (Å²) in [6, 6.07) is 17.7. The largest absolute Gasteiger partial charge is 0.461 e. The minimum atomic E-state index is -0.381. The zero-order valence-electron chi connectivity index (χ0n) is 19.4. The number of aromatic nitrogens is 5. The molecule has 7 nitrogen and oxygen atoms in total. The average molecular weight is 454 g/mol. The van der Waals surface area contributed by atoms with Gasteiger partial charge in [0.2, 0.25) is 0 Å². The molecule has 0 amide bonds. The predicted molar refractivity (Wildman–Crippen MR) is 132 cm³/mol. The number of aryl methyl sites for hydroxylation is 1. The SMILES string of the molecule is CCCCc1nc2cccnc2n1Cc1ccn2c(C(=O)OCC)c(-c3ccccc3)nc2c1. The van der Waals surface area contributed by atoms with Crippen molar-refractivity contribution in [3.8, 4) is 11.3 Å². The van der Waals surface area contributed by atoms with E-state index < -0.39 is 0 Å². The molecule has 7 heteroatoms. The van der Waals surface area contributed by atoms with Gasteiger partial charge in [-0.25, -0.2) is 19.7 Å². The van der Waals surface area contributed by atoms with Crippen molar-refractivity contribution in [1.29, 1.82) is 0 Å². The van der Waals surface area contributed by atoms with E-state index in [2.05, 4.69) is 16.5 Å². The molecule has 0 radical (unpaired) electrons. The van der Waals surface area contributed by atoms with Gasteiger partial charge in [0, 0.05) is 24.4 Å². The van der Waals surface area contributed by atoms with Crippen LogP contribution in [0.3, 0.4) is 0 Å². The normalized spacial score (nSPS) is 11.4. The molecule has 0 atom stereocenters. The second-order valence-electron chi connectivity index (χ2n) is 8.22. The quantitative estimate of drug-likeness (QED) is 0.298. The van der Waals surface area contributed by atoms with E-state index in [1.165, 1.54) is 0 Å². The van der Waals surface area contributed by atoms with Crippen LogP contribution in [0.5, 0.6) is 0 Å². The van der Waals surface area contributed by atoms with Crippen LogP contribution in [0.4, 0.5) is 0 Å². The van der Waals surface area contributed by atoms with E-state index in [4.69, 9.17) is 14.7 Å². The monoisotopic (exact) mass is 453 g/mol. The number of esters is 1. The molecule has 5 aromatic rings. The van der Waals surface area contributed by atoms with E-state index in [9.17, 15) is 4.79 Å². The van der Waals surface area contributed by atoms with Crippen LogP contribution in [-0.4, -0.2) is 36.5 Å². The van der Waals surface area contributed by atoms with Gasteiger partial charge in [-0.3, -0.25) is 4.40 Å². The molecular weight excluding hydrogens is 426 g/mol. The topological polar surface area (TPSA) is 74.3 Å². The number of carbonyl (C=O) groups is 1. The first-order valence-corrected chi connectivity index (χ1v) is 11.7. The Labute approximate surface area is 198 Å². The molecule has 1 aromatic carbocycles. The Morgan fingerprint density at radius 1 is 1.03 bits per heavy atom. The number of nitrogens with zero attached hydrogens (tertiary/aromatic N) is 5. The molecule has 0 fully saturated rings. The third-order valence-corrected chi connectivity index (χ3v) is 5.88. The highest BCUT2D eigenvalue weighted by atomic mass is 16.5. The molecule has 172 valence electrons. The van der Waals surface area contributed by atoms with Crippen LogP contribution in [0.1, 0.15) is 48.6 Å². The zero-order valence-corrected chi connectivity index (χ0v) is 19.4. The summed E-state index contributed by atoms with van der Waals surface area (Å²) in [6.07, 6.45) is 6.79. The Bertz CT molecular complexity index is 1450. The molecular formula is C27H27N5O2. The summed E-state index contributed by atoms with van der Waals surface area (Å²) in [6.45, 7) is 4.93. The van der Waals surface area contributed by atoms with E-state index in [1.54, 1.807) is 13.1 Å². The van der Waals surface area contributed by atoms with E-state index >= 15 is 0 Å². The summed E-state index contributed by atoms with van der Waals surface area (Å²) < 4.78 is 9.35. The molecule has 0 aliphatic rings. The van der Waals surface area contributed by atoms with Gasteiger partial charge in [-0.05, 0) is 43.2 Å². The molecule has 34 heavy (non-hydrogen) atoms. The summed E-state index contributed by atoms with van der Waals surface area (Å²) in [5, 5.41) is 0.